The van der Waals surface area contributed by atoms with Gasteiger partial charge >= 0.3 is 5.97 Å². The Kier molecular flexibility index (Phi) is 5.86. The lowest BCUT2D eigenvalue weighted by atomic mass is 9.94. The van der Waals surface area contributed by atoms with Gasteiger partial charge < -0.3 is 33.5 Å². The topological polar surface area (TPSA) is 108 Å². The Balaban J connectivity index is 1.50. The average Bonchev–Trinajstić information content (AvgIpc) is 3.41. The van der Waals surface area contributed by atoms with E-state index in [0.29, 0.717) is 53.9 Å². The molecule has 0 amide bonds. The summed E-state index contributed by atoms with van der Waals surface area (Å²) in [5.41, 5.74) is 2.92. The third-order valence-electron chi connectivity index (χ3n) is 6.93. The zero-order valence-electron chi connectivity index (χ0n) is 21.1. The summed E-state index contributed by atoms with van der Waals surface area (Å²) in [5.74, 6) is 1.72. The Bertz CT molecular complexity index is 1450. The van der Waals surface area contributed by atoms with E-state index in [-0.39, 0.29) is 17.4 Å². The summed E-state index contributed by atoms with van der Waals surface area (Å²) in [5, 5.41) is 17.0. The van der Waals surface area contributed by atoms with Crippen molar-refractivity contribution < 1.29 is 38.3 Å². The van der Waals surface area contributed by atoms with Crippen molar-refractivity contribution in [2.24, 2.45) is 5.10 Å². The maximum Gasteiger partial charge on any atom is 0.340 e. The van der Waals surface area contributed by atoms with Gasteiger partial charge in [-0.1, -0.05) is 12.1 Å². The molecule has 6 rings (SSSR count). The summed E-state index contributed by atoms with van der Waals surface area (Å²) in [4.78, 5) is 12.5. The number of aromatic carboxylic acids is 1. The Labute approximate surface area is 218 Å². The second-order valence-electron chi connectivity index (χ2n) is 8.92. The second-order valence-corrected chi connectivity index (χ2v) is 8.92. The molecule has 3 aromatic rings. The van der Waals surface area contributed by atoms with Gasteiger partial charge in [-0.05, 0) is 36.4 Å². The molecule has 0 saturated heterocycles. The van der Waals surface area contributed by atoms with Crippen LogP contribution in [-0.4, -0.2) is 56.3 Å². The van der Waals surface area contributed by atoms with E-state index in [1.54, 1.807) is 19.2 Å². The van der Waals surface area contributed by atoms with Gasteiger partial charge in [-0.25, -0.2) is 9.80 Å². The molecule has 0 saturated carbocycles. The Morgan fingerprint density at radius 1 is 0.947 bits per heavy atom. The molecule has 38 heavy (non-hydrogen) atoms. The zero-order valence-corrected chi connectivity index (χ0v) is 21.1. The zero-order chi connectivity index (χ0) is 26.4. The van der Waals surface area contributed by atoms with Crippen LogP contribution in [0.5, 0.6) is 34.5 Å². The number of para-hydroxylation sites is 1. The third kappa shape index (κ3) is 3.71. The van der Waals surface area contributed by atoms with Crippen molar-refractivity contribution in [2.45, 2.75) is 18.7 Å². The van der Waals surface area contributed by atoms with Crippen LogP contribution in [-0.2, 0) is 0 Å². The van der Waals surface area contributed by atoms with E-state index in [0.717, 1.165) is 16.8 Å². The van der Waals surface area contributed by atoms with Crippen molar-refractivity contribution in [3.63, 3.8) is 0 Å². The first-order chi connectivity index (χ1) is 18.5. The molecule has 0 fully saturated rings. The van der Waals surface area contributed by atoms with E-state index in [1.165, 1.54) is 14.2 Å². The Hall–Kier alpha value is -4.60. The molecule has 0 unspecified atom stereocenters. The van der Waals surface area contributed by atoms with Crippen LogP contribution in [0.1, 0.15) is 45.7 Å². The van der Waals surface area contributed by atoms with Crippen molar-refractivity contribution in [1.82, 2.24) is 5.01 Å². The van der Waals surface area contributed by atoms with Crippen molar-refractivity contribution >= 4 is 11.7 Å². The predicted molar refractivity (Wildman–Crippen MR) is 136 cm³/mol. The SMILES string of the molecule is COc1cccc2c1O[C@H](c1ccc(OC)c(OC)c1C(=O)O)N1N=C(c3ccc4c(c3)OCCO4)C[C@H]21. The molecular formula is C28H26N2O8. The summed E-state index contributed by atoms with van der Waals surface area (Å²) >= 11 is 0. The van der Waals surface area contributed by atoms with Gasteiger partial charge in [0.1, 0.15) is 18.8 Å². The molecule has 1 N–H and O–H groups in total. The van der Waals surface area contributed by atoms with Crippen molar-refractivity contribution in [3.8, 4) is 34.5 Å². The number of hydrazone groups is 1. The molecular weight excluding hydrogens is 492 g/mol. The number of ether oxygens (including phenoxy) is 6. The Morgan fingerprint density at radius 3 is 2.47 bits per heavy atom. The van der Waals surface area contributed by atoms with Gasteiger partial charge in [0.25, 0.3) is 0 Å². The first-order valence-electron chi connectivity index (χ1n) is 12.1. The maximum atomic E-state index is 12.5. The third-order valence-corrected chi connectivity index (χ3v) is 6.93. The minimum atomic E-state index is -1.17. The van der Waals surface area contributed by atoms with Crippen LogP contribution in [0.4, 0.5) is 0 Å². The number of hydrogen-bond acceptors (Lipinski definition) is 9. The molecule has 0 aromatic heterocycles. The highest BCUT2D eigenvalue weighted by molar-refractivity contribution is 6.02. The van der Waals surface area contributed by atoms with Crippen LogP contribution in [0.15, 0.2) is 53.6 Å². The molecule has 0 aliphatic carbocycles. The molecule has 10 heteroatoms. The van der Waals surface area contributed by atoms with E-state index >= 15 is 0 Å². The van der Waals surface area contributed by atoms with Crippen LogP contribution in [0, 0.1) is 0 Å². The number of carboxylic acids is 1. The van der Waals surface area contributed by atoms with Crippen LogP contribution >= 0.6 is 0 Å². The average molecular weight is 519 g/mol. The fourth-order valence-electron chi connectivity index (χ4n) is 5.22. The van der Waals surface area contributed by atoms with Crippen molar-refractivity contribution in [2.75, 3.05) is 34.5 Å². The quantitative estimate of drug-likeness (QED) is 0.507. The first kappa shape index (κ1) is 23.8. The number of rotatable bonds is 6. The van der Waals surface area contributed by atoms with E-state index in [9.17, 15) is 9.90 Å². The van der Waals surface area contributed by atoms with E-state index < -0.39 is 12.2 Å². The number of carboxylic acid groups (broad SMARTS) is 1. The van der Waals surface area contributed by atoms with Crippen molar-refractivity contribution in [3.05, 3.63) is 70.8 Å². The van der Waals surface area contributed by atoms with Crippen LogP contribution in [0.25, 0.3) is 0 Å². The van der Waals surface area contributed by atoms with E-state index in [1.807, 2.05) is 41.4 Å². The molecule has 196 valence electrons. The molecule has 3 aliphatic heterocycles. The highest BCUT2D eigenvalue weighted by atomic mass is 16.6. The van der Waals surface area contributed by atoms with Gasteiger partial charge in [-0.2, -0.15) is 5.10 Å². The fraction of sp³-hybridized carbons (Fsp3) is 0.286. The standard InChI is InChI=1S/C28H26N2O8/c1-33-21-6-4-5-16-19-14-18(15-7-9-20-23(13-15)37-12-11-36-20)29-30(19)27(38-25(16)21)17-8-10-22(34-2)26(35-3)24(17)28(31)32/h4-10,13,19,27H,11-12,14H2,1-3H3,(H,31,32)/t19-,27-/m1/s1. The lowest BCUT2D eigenvalue weighted by molar-refractivity contribution is -0.0217. The number of carbonyl (C=O) groups is 1. The summed E-state index contributed by atoms with van der Waals surface area (Å²) in [6.45, 7) is 0.996. The largest absolute Gasteiger partial charge is 0.493 e. The number of fused-ring (bicyclic) bond motifs is 4. The van der Waals surface area contributed by atoms with E-state index in [2.05, 4.69) is 0 Å². The lowest BCUT2D eigenvalue weighted by Gasteiger charge is -2.39. The van der Waals surface area contributed by atoms with Crippen LogP contribution < -0.4 is 28.4 Å². The highest BCUT2D eigenvalue weighted by Gasteiger charge is 2.44. The second kappa shape index (κ2) is 9.37. The highest BCUT2D eigenvalue weighted by Crippen LogP contribution is 2.52. The smallest absolute Gasteiger partial charge is 0.340 e. The molecule has 3 heterocycles. The normalized spacial score (nSPS) is 19.0. The molecule has 0 radical (unpaired) electrons. The monoisotopic (exact) mass is 518 g/mol. The van der Waals surface area contributed by atoms with Gasteiger partial charge in [-0.15, -0.1) is 0 Å². The van der Waals surface area contributed by atoms with Crippen LogP contribution in [0.3, 0.4) is 0 Å². The first-order valence-corrected chi connectivity index (χ1v) is 12.1. The number of nitrogens with zero attached hydrogens (tertiary/aromatic N) is 2. The van der Waals surface area contributed by atoms with Gasteiger partial charge in [-0.3, -0.25) is 0 Å². The van der Waals surface area contributed by atoms with Gasteiger partial charge in [0.2, 0.25) is 6.23 Å². The predicted octanol–water partition coefficient (Wildman–Crippen LogP) is 4.42. The van der Waals surface area contributed by atoms with Gasteiger partial charge in [0.05, 0.1) is 33.1 Å². The molecule has 0 spiro atoms. The Morgan fingerprint density at radius 2 is 1.74 bits per heavy atom. The minimum absolute atomic E-state index is 0.0584. The summed E-state index contributed by atoms with van der Waals surface area (Å²) < 4.78 is 34.4. The summed E-state index contributed by atoms with van der Waals surface area (Å²) in [6.07, 6.45) is -0.306. The summed E-state index contributed by atoms with van der Waals surface area (Å²) in [6, 6.07) is 14.6. The minimum Gasteiger partial charge on any atom is -0.493 e. The molecule has 2 atom stereocenters. The molecule has 3 aliphatic rings. The number of hydrogen-bond donors (Lipinski definition) is 1. The molecule has 3 aromatic carbocycles. The van der Waals surface area contributed by atoms with Gasteiger partial charge in [0, 0.05) is 23.1 Å². The van der Waals surface area contributed by atoms with Crippen molar-refractivity contribution in [1.29, 1.82) is 0 Å². The lowest BCUT2D eigenvalue weighted by Crippen LogP contribution is -2.35. The van der Waals surface area contributed by atoms with Crippen LogP contribution in [0.2, 0.25) is 0 Å². The summed E-state index contributed by atoms with van der Waals surface area (Å²) in [7, 11) is 4.44. The van der Waals surface area contributed by atoms with Gasteiger partial charge in [0.15, 0.2) is 34.5 Å². The molecule has 10 nitrogen and oxygen atoms in total. The van der Waals surface area contributed by atoms with E-state index in [4.69, 9.17) is 33.5 Å². The number of methoxy groups -OCH3 is 3. The number of benzene rings is 3. The fourth-order valence-corrected chi connectivity index (χ4v) is 5.22. The maximum absolute atomic E-state index is 12.5. The molecule has 0 bridgehead atoms.